The molecule has 3 rings (SSSR count). The molecule has 8 heteroatoms. The molecule has 4 nitrogen and oxygen atoms in total. The quantitative estimate of drug-likeness (QED) is 0.575. The minimum atomic E-state index is -4.41. The Kier molecular flexibility index (Phi) is 5.51. The second-order valence-electron chi connectivity index (χ2n) is 5.90. The molecule has 0 radical (unpaired) electrons. The number of aryl methyl sites for hydroxylation is 1. The first-order valence-electron chi connectivity index (χ1n) is 8.08. The van der Waals surface area contributed by atoms with Crippen molar-refractivity contribution in [2.45, 2.75) is 19.6 Å². The highest BCUT2D eigenvalue weighted by Gasteiger charge is 2.30. The van der Waals surface area contributed by atoms with Gasteiger partial charge in [0.1, 0.15) is 5.82 Å². The lowest BCUT2D eigenvalue weighted by Gasteiger charge is -2.12. The number of halogens is 4. The minimum absolute atomic E-state index is 0.216. The van der Waals surface area contributed by atoms with Gasteiger partial charge in [0, 0.05) is 29.0 Å². The molecule has 140 valence electrons. The first-order valence-corrected chi connectivity index (χ1v) is 8.46. The molecule has 2 aromatic carbocycles. The van der Waals surface area contributed by atoms with Crippen LogP contribution in [0.2, 0.25) is 5.02 Å². The number of hydrogen-bond acceptors (Lipinski definition) is 4. The molecule has 2 N–H and O–H groups in total. The van der Waals surface area contributed by atoms with Crippen LogP contribution >= 0.6 is 11.6 Å². The lowest BCUT2D eigenvalue weighted by molar-refractivity contribution is -0.137. The van der Waals surface area contributed by atoms with Gasteiger partial charge in [-0.2, -0.15) is 18.2 Å². The van der Waals surface area contributed by atoms with Gasteiger partial charge in [-0.3, -0.25) is 0 Å². The molecule has 0 fully saturated rings. The Labute approximate surface area is 159 Å². The average Bonchev–Trinajstić information content (AvgIpc) is 2.60. The molecule has 0 saturated carbocycles. The number of nitrogens with zero attached hydrogens (tertiary/aromatic N) is 2. The van der Waals surface area contributed by atoms with E-state index >= 15 is 0 Å². The van der Waals surface area contributed by atoms with E-state index in [1.807, 2.05) is 12.1 Å². The van der Waals surface area contributed by atoms with Crippen LogP contribution in [0.1, 0.15) is 16.8 Å². The number of hydrogen-bond donors (Lipinski definition) is 2. The second kappa shape index (κ2) is 7.84. The molecule has 0 saturated heterocycles. The molecule has 0 unspecified atom stereocenters. The average molecular weight is 393 g/mol. The fourth-order valence-electron chi connectivity index (χ4n) is 2.41. The number of rotatable bonds is 5. The first kappa shape index (κ1) is 19.0. The van der Waals surface area contributed by atoms with E-state index in [0.29, 0.717) is 23.1 Å². The molecular weight excluding hydrogens is 377 g/mol. The Morgan fingerprint density at radius 1 is 1.00 bits per heavy atom. The van der Waals surface area contributed by atoms with E-state index in [9.17, 15) is 13.2 Å². The minimum Gasteiger partial charge on any atom is -0.366 e. The van der Waals surface area contributed by atoms with Crippen LogP contribution in [0.4, 0.5) is 30.6 Å². The Bertz CT molecular complexity index is 927. The zero-order valence-corrected chi connectivity index (χ0v) is 15.1. The third-order valence-corrected chi connectivity index (χ3v) is 3.94. The lowest BCUT2D eigenvalue weighted by atomic mass is 10.2. The summed E-state index contributed by atoms with van der Waals surface area (Å²) < 4.78 is 38.5. The zero-order chi connectivity index (χ0) is 19.4. The topological polar surface area (TPSA) is 49.8 Å². The van der Waals surface area contributed by atoms with Gasteiger partial charge < -0.3 is 10.6 Å². The number of benzene rings is 2. The number of aromatic nitrogens is 2. The zero-order valence-electron chi connectivity index (χ0n) is 14.3. The summed E-state index contributed by atoms with van der Waals surface area (Å²) in [7, 11) is 0. The summed E-state index contributed by atoms with van der Waals surface area (Å²) in [5.74, 6) is 0.778. The van der Waals surface area contributed by atoms with E-state index in [1.54, 1.807) is 25.1 Å². The summed E-state index contributed by atoms with van der Waals surface area (Å²) in [6, 6.07) is 14.0. The lowest BCUT2D eigenvalue weighted by Crippen LogP contribution is -2.07. The van der Waals surface area contributed by atoms with Crippen LogP contribution in [-0.2, 0) is 12.7 Å². The largest absolute Gasteiger partial charge is 0.416 e. The van der Waals surface area contributed by atoms with Gasteiger partial charge in [0.2, 0.25) is 5.95 Å². The van der Waals surface area contributed by atoms with Gasteiger partial charge in [-0.05, 0) is 42.8 Å². The summed E-state index contributed by atoms with van der Waals surface area (Å²) in [6.07, 6.45) is -4.41. The van der Waals surface area contributed by atoms with E-state index < -0.39 is 11.7 Å². The van der Waals surface area contributed by atoms with Crippen molar-refractivity contribution in [1.29, 1.82) is 0 Å². The van der Waals surface area contributed by atoms with Crippen molar-refractivity contribution in [1.82, 2.24) is 9.97 Å². The smallest absolute Gasteiger partial charge is 0.366 e. The van der Waals surface area contributed by atoms with Gasteiger partial charge >= 0.3 is 6.18 Å². The molecule has 27 heavy (non-hydrogen) atoms. The summed E-state index contributed by atoms with van der Waals surface area (Å²) in [6.45, 7) is 2.31. The molecule has 0 atom stereocenters. The number of nitrogens with one attached hydrogen (secondary N) is 2. The molecule has 1 aromatic heterocycles. The van der Waals surface area contributed by atoms with Crippen LogP contribution in [0.15, 0.2) is 54.6 Å². The van der Waals surface area contributed by atoms with Crippen LogP contribution in [0.3, 0.4) is 0 Å². The van der Waals surface area contributed by atoms with Crippen LogP contribution in [-0.4, -0.2) is 9.97 Å². The maximum Gasteiger partial charge on any atom is 0.416 e. The molecule has 0 amide bonds. The number of anilines is 3. The highest BCUT2D eigenvalue weighted by atomic mass is 35.5. The van der Waals surface area contributed by atoms with Crippen molar-refractivity contribution in [2.75, 3.05) is 10.6 Å². The van der Waals surface area contributed by atoms with Gasteiger partial charge in [0.15, 0.2) is 0 Å². The predicted octanol–water partition coefficient (Wildman–Crippen LogP) is 5.81. The predicted molar refractivity (Wildman–Crippen MR) is 100 cm³/mol. The summed E-state index contributed by atoms with van der Waals surface area (Å²) in [5.41, 5.74) is 1.22. The first-order chi connectivity index (χ1) is 12.8. The van der Waals surface area contributed by atoms with Crippen LogP contribution in [0.5, 0.6) is 0 Å². The van der Waals surface area contributed by atoms with Crippen LogP contribution < -0.4 is 10.6 Å². The van der Waals surface area contributed by atoms with Crippen LogP contribution in [0, 0.1) is 6.92 Å². The standard InChI is InChI=1S/C19H16ClF3N4/c1-12-9-17(24-11-13-5-7-15(20)8-6-13)27-18(25-12)26-16-4-2-3-14(10-16)19(21,22)23/h2-10H,11H2,1H3,(H2,24,25,26,27). The van der Waals surface area contributed by atoms with Crippen molar-refractivity contribution in [2.24, 2.45) is 0 Å². The van der Waals surface area contributed by atoms with Gasteiger partial charge in [-0.1, -0.05) is 29.8 Å². The van der Waals surface area contributed by atoms with Gasteiger partial charge in [0.05, 0.1) is 5.56 Å². The normalized spacial score (nSPS) is 11.3. The fourth-order valence-corrected chi connectivity index (χ4v) is 2.54. The van der Waals surface area contributed by atoms with Crippen molar-refractivity contribution >= 4 is 29.1 Å². The maximum absolute atomic E-state index is 12.8. The van der Waals surface area contributed by atoms with E-state index in [4.69, 9.17) is 11.6 Å². The fraction of sp³-hybridized carbons (Fsp3) is 0.158. The van der Waals surface area contributed by atoms with E-state index in [2.05, 4.69) is 20.6 Å². The maximum atomic E-state index is 12.8. The molecule has 0 aliphatic carbocycles. The highest BCUT2D eigenvalue weighted by Crippen LogP contribution is 2.31. The SMILES string of the molecule is Cc1cc(NCc2ccc(Cl)cc2)nc(Nc2cccc(C(F)(F)F)c2)n1. The number of alkyl halides is 3. The Morgan fingerprint density at radius 3 is 2.44 bits per heavy atom. The molecule has 0 aliphatic heterocycles. The van der Waals surface area contributed by atoms with E-state index in [0.717, 1.165) is 17.7 Å². The Hall–Kier alpha value is -2.80. The molecule has 0 spiro atoms. The van der Waals surface area contributed by atoms with Gasteiger partial charge in [-0.15, -0.1) is 0 Å². The third-order valence-electron chi connectivity index (χ3n) is 3.69. The third kappa shape index (κ3) is 5.34. The van der Waals surface area contributed by atoms with E-state index in [1.165, 1.54) is 12.1 Å². The van der Waals surface area contributed by atoms with E-state index in [-0.39, 0.29) is 11.6 Å². The summed E-state index contributed by atoms with van der Waals surface area (Å²) >= 11 is 5.87. The summed E-state index contributed by atoms with van der Waals surface area (Å²) in [4.78, 5) is 8.54. The molecule has 3 aromatic rings. The Balaban J connectivity index is 1.74. The van der Waals surface area contributed by atoms with Crippen molar-refractivity contribution in [3.63, 3.8) is 0 Å². The van der Waals surface area contributed by atoms with Crippen molar-refractivity contribution in [3.05, 3.63) is 76.4 Å². The molecule has 0 aliphatic rings. The van der Waals surface area contributed by atoms with Crippen LogP contribution in [0.25, 0.3) is 0 Å². The van der Waals surface area contributed by atoms with Gasteiger partial charge in [0.25, 0.3) is 0 Å². The molecule has 1 heterocycles. The molecular formula is C19H16ClF3N4. The second-order valence-corrected chi connectivity index (χ2v) is 6.34. The highest BCUT2D eigenvalue weighted by molar-refractivity contribution is 6.30. The van der Waals surface area contributed by atoms with Gasteiger partial charge in [-0.25, -0.2) is 4.98 Å². The van der Waals surface area contributed by atoms with Crippen molar-refractivity contribution in [3.8, 4) is 0 Å². The Morgan fingerprint density at radius 2 is 1.74 bits per heavy atom. The van der Waals surface area contributed by atoms with Crippen molar-refractivity contribution < 1.29 is 13.2 Å². The summed E-state index contributed by atoms with van der Waals surface area (Å²) in [5, 5.41) is 6.65. The monoisotopic (exact) mass is 392 g/mol. The molecule has 0 bridgehead atoms.